The second-order valence-electron chi connectivity index (χ2n) is 6.35. The van der Waals surface area contributed by atoms with Gasteiger partial charge in [-0.05, 0) is 31.7 Å². The third kappa shape index (κ3) is 5.05. The molecule has 0 aromatic rings. The molecule has 2 fully saturated rings. The smallest absolute Gasteiger partial charge is 0.0601 e. The molecule has 0 radical (unpaired) electrons. The molecular weight excluding hydrogens is 236 g/mol. The van der Waals surface area contributed by atoms with Crippen molar-refractivity contribution in [2.75, 3.05) is 45.9 Å². The minimum absolute atomic E-state index is 0.537. The van der Waals surface area contributed by atoms with E-state index < -0.39 is 0 Å². The molecule has 19 heavy (non-hydrogen) atoms. The van der Waals surface area contributed by atoms with Crippen LogP contribution in [-0.4, -0.2) is 61.8 Å². The van der Waals surface area contributed by atoms with E-state index in [2.05, 4.69) is 23.6 Å². The number of ether oxygens (including phenoxy) is 1. The Labute approximate surface area is 119 Å². The van der Waals surface area contributed by atoms with Crippen molar-refractivity contribution in [1.29, 1.82) is 0 Å². The highest BCUT2D eigenvalue weighted by Gasteiger charge is 2.22. The number of hydrogen-bond acceptors (Lipinski definition) is 3. The first kappa shape index (κ1) is 15.3. The lowest BCUT2D eigenvalue weighted by Gasteiger charge is -2.35. The summed E-state index contributed by atoms with van der Waals surface area (Å²) in [6.45, 7) is 12.9. The molecule has 0 amide bonds. The molecule has 2 rings (SSSR count). The van der Waals surface area contributed by atoms with Crippen LogP contribution in [0, 0.1) is 5.92 Å². The lowest BCUT2D eigenvalue weighted by molar-refractivity contribution is -0.0179. The second kappa shape index (κ2) is 8.23. The average molecular weight is 268 g/mol. The molecule has 1 aliphatic carbocycles. The first-order valence-electron chi connectivity index (χ1n) is 8.36. The molecule has 0 bridgehead atoms. The summed E-state index contributed by atoms with van der Waals surface area (Å²) in [5.41, 5.74) is 0. The van der Waals surface area contributed by atoms with Crippen LogP contribution in [0.15, 0.2) is 0 Å². The molecule has 0 spiro atoms. The van der Waals surface area contributed by atoms with Gasteiger partial charge in [-0.25, -0.2) is 0 Å². The van der Waals surface area contributed by atoms with Crippen molar-refractivity contribution in [3.63, 3.8) is 0 Å². The molecule has 1 heterocycles. The van der Waals surface area contributed by atoms with Gasteiger partial charge in [-0.2, -0.15) is 0 Å². The molecule has 112 valence electrons. The standard InChI is InChI=1S/C16H32N2O/c1-3-8-17-9-11-18(12-10-17)13-14-19-16-7-5-4-6-15(16)2/h15-16H,3-14H2,1-2H3/t15-,16+/m0/s1. The fourth-order valence-electron chi connectivity index (χ4n) is 3.42. The van der Waals surface area contributed by atoms with Crippen molar-refractivity contribution in [2.24, 2.45) is 5.92 Å². The maximum atomic E-state index is 6.12. The number of piperazine rings is 1. The molecule has 1 saturated heterocycles. The molecule has 1 aliphatic heterocycles. The third-order valence-corrected chi connectivity index (χ3v) is 4.78. The topological polar surface area (TPSA) is 15.7 Å². The van der Waals surface area contributed by atoms with Crippen LogP contribution in [0.2, 0.25) is 0 Å². The van der Waals surface area contributed by atoms with Crippen molar-refractivity contribution < 1.29 is 4.74 Å². The van der Waals surface area contributed by atoms with E-state index in [4.69, 9.17) is 4.74 Å². The van der Waals surface area contributed by atoms with E-state index in [0.717, 1.165) is 19.1 Å². The Balaban J connectivity index is 1.56. The zero-order valence-corrected chi connectivity index (χ0v) is 12.9. The summed E-state index contributed by atoms with van der Waals surface area (Å²) in [5.74, 6) is 0.773. The Bertz CT molecular complexity index is 239. The van der Waals surface area contributed by atoms with Gasteiger partial charge in [0.2, 0.25) is 0 Å². The number of nitrogens with zero attached hydrogens (tertiary/aromatic N) is 2. The molecular formula is C16H32N2O. The Morgan fingerprint density at radius 1 is 0.947 bits per heavy atom. The normalized spacial score (nSPS) is 30.6. The van der Waals surface area contributed by atoms with Crippen LogP contribution in [0.4, 0.5) is 0 Å². The van der Waals surface area contributed by atoms with Gasteiger partial charge in [0, 0.05) is 32.7 Å². The van der Waals surface area contributed by atoms with E-state index in [1.807, 2.05) is 0 Å². The predicted octanol–water partition coefficient (Wildman–Crippen LogP) is 2.61. The fourth-order valence-corrected chi connectivity index (χ4v) is 3.42. The van der Waals surface area contributed by atoms with Gasteiger partial charge in [-0.1, -0.05) is 26.7 Å². The zero-order chi connectivity index (χ0) is 13.5. The molecule has 3 heteroatoms. The van der Waals surface area contributed by atoms with Gasteiger partial charge in [0.15, 0.2) is 0 Å². The van der Waals surface area contributed by atoms with Crippen molar-refractivity contribution in [1.82, 2.24) is 9.80 Å². The molecule has 3 nitrogen and oxygen atoms in total. The highest BCUT2D eigenvalue weighted by molar-refractivity contribution is 4.74. The van der Waals surface area contributed by atoms with Crippen molar-refractivity contribution in [2.45, 2.75) is 52.1 Å². The largest absolute Gasteiger partial charge is 0.377 e. The SMILES string of the molecule is CCCN1CCN(CCO[C@@H]2CCCC[C@@H]2C)CC1. The van der Waals surface area contributed by atoms with Crippen LogP contribution in [-0.2, 0) is 4.74 Å². The molecule has 0 aromatic heterocycles. The molecule has 0 aromatic carbocycles. The Kier molecular flexibility index (Phi) is 6.62. The summed E-state index contributed by atoms with van der Waals surface area (Å²) in [5, 5.41) is 0. The Morgan fingerprint density at radius 2 is 1.58 bits per heavy atom. The summed E-state index contributed by atoms with van der Waals surface area (Å²) in [4.78, 5) is 5.15. The fraction of sp³-hybridized carbons (Fsp3) is 1.00. The molecule has 0 N–H and O–H groups in total. The van der Waals surface area contributed by atoms with Crippen LogP contribution in [0.1, 0.15) is 46.0 Å². The Morgan fingerprint density at radius 3 is 2.21 bits per heavy atom. The first-order chi connectivity index (χ1) is 9.29. The molecule has 0 unspecified atom stereocenters. The van der Waals surface area contributed by atoms with E-state index in [-0.39, 0.29) is 0 Å². The number of rotatable bonds is 6. The summed E-state index contributed by atoms with van der Waals surface area (Å²) in [6, 6.07) is 0. The third-order valence-electron chi connectivity index (χ3n) is 4.78. The average Bonchev–Trinajstić information content (AvgIpc) is 2.43. The molecule has 1 saturated carbocycles. The van der Waals surface area contributed by atoms with Crippen molar-refractivity contribution in [3.05, 3.63) is 0 Å². The lowest BCUT2D eigenvalue weighted by atomic mass is 9.88. The number of hydrogen-bond donors (Lipinski definition) is 0. The van der Waals surface area contributed by atoms with Crippen LogP contribution >= 0.6 is 0 Å². The van der Waals surface area contributed by atoms with E-state index >= 15 is 0 Å². The van der Waals surface area contributed by atoms with Crippen LogP contribution in [0.5, 0.6) is 0 Å². The van der Waals surface area contributed by atoms with E-state index in [0.29, 0.717) is 6.10 Å². The summed E-state index contributed by atoms with van der Waals surface area (Å²) in [7, 11) is 0. The molecule has 2 aliphatic rings. The zero-order valence-electron chi connectivity index (χ0n) is 12.9. The maximum Gasteiger partial charge on any atom is 0.0601 e. The van der Waals surface area contributed by atoms with Crippen LogP contribution < -0.4 is 0 Å². The van der Waals surface area contributed by atoms with Gasteiger partial charge in [0.1, 0.15) is 0 Å². The lowest BCUT2D eigenvalue weighted by Crippen LogP contribution is -2.47. The van der Waals surface area contributed by atoms with Crippen LogP contribution in [0.3, 0.4) is 0 Å². The molecule has 2 atom stereocenters. The van der Waals surface area contributed by atoms with Gasteiger partial charge >= 0.3 is 0 Å². The first-order valence-corrected chi connectivity index (χ1v) is 8.36. The van der Waals surface area contributed by atoms with Crippen molar-refractivity contribution >= 4 is 0 Å². The van der Waals surface area contributed by atoms with Crippen LogP contribution in [0.25, 0.3) is 0 Å². The predicted molar refractivity (Wildman–Crippen MR) is 80.5 cm³/mol. The highest BCUT2D eigenvalue weighted by atomic mass is 16.5. The second-order valence-corrected chi connectivity index (χ2v) is 6.35. The van der Waals surface area contributed by atoms with Gasteiger partial charge in [-0.15, -0.1) is 0 Å². The van der Waals surface area contributed by atoms with Gasteiger partial charge in [0.25, 0.3) is 0 Å². The quantitative estimate of drug-likeness (QED) is 0.736. The van der Waals surface area contributed by atoms with Gasteiger partial charge in [0.05, 0.1) is 12.7 Å². The van der Waals surface area contributed by atoms with E-state index in [1.54, 1.807) is 0 Å². The highest BCUT2D eigenvalue weighted by Crippen LogP contribution is 2.26. The summed E-state index contributed by atoms with van der Waals surface area (Å²) < 4.78 is 6.12. The summed E-state index contributed by atoms with van der Waals surface area (Å²) >= 11 is 0. The summed E-state index contributed by atoms with van der Waals surface area (Å²) in [6.07, 6.45) is 7.23. The van der Waals surface area contributed by atoms with Crippen molar-refractivity contribution in [3.8, 4) is 0 Å². The van der Waals surface area contributed by atoms with E-state index in [9.17, 15) is 0 Å². The minimum atomic E-state index is 0.537. The van der Waals surface area contributed by atoms with Gasteiger partial charge in [-0.3, -0.25) is 4.90 Å². The minimum Gasteiger partial charge on any atom is -0.377 e. The van der Waals surface area contributed by atoms with Gasteiger partial charge < -0.3 is 9.64 Å². The Hall–Kier alpha value is -0.120. The van der Waals surface area contributed by atoms with E-state index in [1.165, 1.54) is 64.8 Å². The maximum absolute atomic E-state index is 6.12. The monoisotopic (exact) mass is 268 g/mol.